The van der Waals surface area contributed by atoms with Crippen LogP contribution in [0.3, 0.4) is 0 Å². The van der Waals surface area contributed by atoms with Gasteiger partial charge in [0.15, 0.2) is 0 Å². The number of benzene rings is 1. The van der Waals surface area contributed by atoms with Crippen LogP contribution in [0.2, 0.25) is 5.02 Å². The van der Waals surface area contributed by atoms with E-state index in [1.807, 2.05) is 30.5 Å². The molecule has 3 rings (SSSR count). The number of carbonyl (C=O) groups excluding carboxylic acids is 1. The maximum Gasteiger partial charge on any atom is 0.309 e. The lowest BCUT2D eigenvalue weighted by atomic mass is 9.96. The molecule has 0 aliphatic carbocycles. The number of carbonyl (C=O) groups is 1. The first-order valence-corrected chi connectivity index (χ1v) is 6.95. The second kappa shape index (κ2) is 5.29. The van der Waals surface area contributed by atoms with Gasteiger partial charge in [0.1, 0.15) is 5.82 Å². The molecule has 0 amide bonds. The minimum Gasteiger partial charge on any atom is -0.469 e. The van der Waals surface area contributed by atoms with Crippen molar-refractivity contribution >= 4 is 17.6 Å². The Balaban J connectivity index is 1.90. The zero-order valence-corrected chi connectivity index (χ0v) is 11.9. The van der Waals surface area contributed by atoms with Gasteiger partial charge in [-0.1, -0.05) is 11.6 Å². The summed E-state index contributed by atoms with van der Waals surface area (Å²) >= 11 is 5.91. The van der Waals surface area contributed by atoms with Crippen molar-refractivity contribution in [2.75, 3.05) is 7.11 Å². The van der Waals surface area contributed by atoms with E-state index in [2.05, 4.69) is 9.55 Å². The van der Waals surface area contributed by atoms with Gasteiger partial charge in [-0.15, -0.1) is 0 Å². The molecule has 2 heterocycles. The predicted octanol–water partition coefficient (Wildman–Crippen LogP) is 2.94. The van der Waals surface area contributed by atoms with Gasteiger partial charge in [-0.3, -0.25) is 4.79 Å². The number of esters is 1. The van der Waals surface area contributed by atoms with Gasteiger partial charge in [0.25, 0.3) is 0 Å². The number of halogens is 1. The molecule has 1 aromatic heterocycles. The number of imidazole rings is 1. The van der Waals surface area contributed by atoms with Gasteiger partial charge >= 0.3 is 5.97 Å². The lowest BCUT2D eigenvalue weighted by Crippen LogP contribution is -2.26. The molecule has 0 N–H and O–H groups in total. The number of hydrogen-bond donors (Lipinski definition) is 0. The third-order valence-corrected chi connectivity index (χ3v) is 3.98. The maximum atomic E-state index is 11.6. The summed E-state index contributed by atoms with van der Waals surface area (Å²) in [5.74, 6) is 0.743. The van der Waals surface area contributed by atoms with Crippen LogP contribution in [-0.4, -0.2) is 22.6 Å². The number of aromatic nitrogens is 2. The second-order valence-electron chi connectivity index (χ2n) is 4.94. The zero-order valence-electron chi connectivity index (χ0n) is 11.2. The van der Waals surface area contributed by atoms with Gasteiger partial charge < -0.3 is 9.30 Å². The summed E-state index contributed by atoms with van der Waals surface area (Å²) in [5.41, 5.74) is 2.12. The highest BCUT2D eigenvalue weighted by Crippen LogP contribution is 2.28. The Morgan fingerprint density at radius 2 is 2.15 bits per heavy atom. The van der Waals surface area contributed by atoms with E-state index in [4.69, 9.17) is 16.3 Å². The number of rotatable bonds is 2. The van der Waals surface area contributed by atoms with Gasteiger partial charge in [-0.25, -0.2) is 4.98 Å². The first-order chi connectivity index (χ1) is 9.69. The van der Waals surface area contributed by atoms with E-state index in [1.165, 1.54) is 7.11 Å². The zero-order chi connectivity index (χ0) is 14.1. The quantitative estimate of drug-likeness (QED) is 0.799. The third-order valence-electron chi connectivity index (χ3n) is 3.73. The van der Waals surface area contributed by atoms with E-state index in [9.17, 15) is 4.79 Å². The highest BCUT2D eigenvalue weighted by molar-refractivity contribution is 6.30. The maximum absolute atomic E-state index is 11.6. The van der Waals surface area contributed by atoms with Crippen molar-refractivity contribution in [3.8, 4) is 11.4 Å². The van der Waals surface area contributed by atoms with Gasteiger partial charge in [-0.05, 0) is 30.7 Å². The summed E-state index contributed by atoms with van der Waals surface area (Å²) in [5, 5.41) is 0.713. The molecule has 0 bridgehead atoms. The van der Waals surface area contributed by atoms with Gasteiger partial charge in [0.05, 0.1) is 13.0 Å². The van der Waals surface area contributed by atoms with E-state index < -0.39 is 0 Å². The lowest BCUT2D eigenvalue weighted by Gasteiger charge is -2.23. The van der Waals surface area contributed by atoms with Crippen molar-refractivity contribution in [2.45, 2.75) is 19.4 Å². The third kappa shape index (κ3) is 2.31. The first-order valence-electron chi connectivity index (χ1n) is 6.57. The molecule has 0 radical (unpaired) electrons. The SMILES string of the molecule is COC(=O)C1CCn2c(cnc2-c2ccc(Cl)cc2)C1. The predicted molar refractivity (Wildman–Crippen MR) is 76.5 cm³/mol. The normalized spacial score (nSPS) is 17.6. The summed E-state index contributed by atoms with van der Waals surface area (Å²) in [6.07, 6.45) is 3.32. The number of nitrogens with zero attached hydrogens (tertiary/aromatic N) is 2. The molecule has 1 unspecified atom stereocenters. The monoisotopic (exact) mass is 290 g/mol. The number of methoxy groups -OCH3 is 1. The highest BCUT2D eigenvalue weighted by Gasteiger charge is 2.27. The average Bonchev–Trinajstić information content (AvgIpc) is 2.90. The molecule has 4 nitrogen and oxygen atoms in total. The molecular formula is C15H15ClN2O2. The van der Waals surface area contributed by atoms with Gasteiger partial charge in [0.2, 0.25) is 0 Å². The van der Waals surface area contributed by atoms with E-state index in [-0.39, 0.29) is 11.9 Å². The molecular weight excluding hydrogens is 276 g/mol. The van der Waals surface area contributed by atoms with E-state index in [0.29, 0.717) is 11.4 Å². The van der Waals surface area contributed by atoms with E-state index >= 15 is 0 Å². The summed E-state index contributed by atoms with van der Waals surface area (Å²) < 4.78 is 7.00. The van der Waals surface area contributed by atoms with Crippen molar-refractivity contribution in [2.24, 2.45) is 5.92 Å². The summed E-state index contributed by atoms with van der Waals surface area (Å²) in [6, 6.07) is 7.64. The summed E-state index contributed by atoms with van der Waals surface area (Å²) in [4.78, 5) is 16.1. The topological polar surface area (TPSA) is 44.1 Å². The largest absolute Gasteiger partial charge is 0.469 e. The molecule has 0 saturated heterocycles. The number of ether oxygens (including phenoxy) is 1. The molecule has 2 aromatic rings. The highest BCUT2D eigenvalue weighted by atomic mass is 35.5. The van der Waals surface area contributed by atoms with E-state index in [0.717, 1.165) is 30.0 Å². The molecule has 0 fully saturated rings. The summed E-state index contributed by atoms with van der Waals surface area (Å²) in [6.45, 7) is 0.785. The van der Waals surface area contributed by atoms with Crippen molar-refractivity contribution in [1.82, 2.24) is 9.55 Å². The average molecular weight is 291 g/mol. The standard InChI is InChI=1S/C15H15ClN2O2/c1-20-15(19)11-6-7-18-13(8-11)9-17-14(18)10-2-4-12(16)5-3-10/h2-5,9,11H,6-8H2,1H3. The molecule has 104 valence electrons. The Bertz CT molecular complexity index is 634. The molecule has 1 aliphatic rings. The number of hydrogen-bond acceptors (Lipinski definition) is 3. The second-order valence-corrected chi connectivity index (χ2v) is 5.38. The van der Waals surface area contributed by atoms with Crippen molar-refractivity contribution in [3.05, 3.63) is 41.2 Å². The van der Waals surface area contributed by atoms with Crippen LogP contribution < -0.4 is 0 Å². The van der Waals surface area contributed by atoms with Crippen LogP contribution in [0.5, 0.6) is 0 Å². The van der Waals surface area contributed by atoms with Crippen LogP contribution in [0.25, 0.3) is 11.4 Å². The van der Waals surface area contributed by atoms with Crippen molar-refractivity contribution in [1.29, 1.82) is 0 Å². The van der Waals surface area contributed by atoms with Crippen LogP contribution in [0, 0.1) is 5.92 Å². The summed E-state index contributed by atoms with van der Waals surface area (Å²) in [7, 11) is 1.44. The minimum absolute atomic E-state index is 0.0535. The van der Waals surface area contributed by atoms with E-state index in [1.54, 1.807) is 0 Å². The molecule has 1 aromatic carbocycles. The minimum atomic E-state index is -0.134. The Morgan fingerprint density at radius 3 is 2.85 bits per heavy atom. The van der Waals surface area contributed by atoms with Crippen LogP contribution in [0.4, 0.5) is 0 Å². The fraction of sp³-hybridized carbons (Fsp3) is 0.333. The van der Waals surface area contributed by atoms with Crippen LogP contribution >= 0.6 is 11.6 Å². The van der Waals surface area contributed by atoms with Crippen LogP contribution in [-0.2, 0) is 22.5 Å². The molecule has 1 atom stereocenters. The first kappa shape index (κ1) is 13.2. The van der Waals surface area contributed by atoms with Gasteiger partial charge in [0, 0.05) is 35.4 Å². The lowest BCUT2D eigenvalue weighted by molar-refractivity contribution is -0.146. The van der Waals surface area contributed by atoms with Crippen LogP contribution in [0.15, 0.2) is 30.5 Å². The van der Waals surface area contributed by atoms with Crippen molar-refractivity contribution in [3.63, 3.8) is 0 Å². The Kier molecular flexibility index (Phi) is 3.49. The molecule has 5 heteroatoms. The van der Waals surface area contributed by atoms with Crippen molar-refractivity contribution < 1.29 is 9.53 Å². The molecule has 1 aliphatic heterocycles. The Morgan fingerprint density at radius 1 is 1.40 bits per heavy atom. The van der Waals surface area contributed by atoms with Crippen LogP contribution in [0.1, 0.15) is 12.1 Å². The molecule has 20 heavy (non-hydrogen) atoms. The Labute approximate surface area is 122 Å². The Hall–Kier alpha value is -1.81. The molecule has 0 spiro atoms. The van der Waals surface area contributed by atoms with Gasteiger partial charge in [-0.2, -0.15) is 0 Å². The fourth-order valence-electron chi connectivity index (χ4n) is 2.66. The smallest absolute Gasteiger partial charge is 0.309 e. The molecule has 0 saturated carbocycles. The fourth-order valence-corrected chi connectivity index (χ4v) is 2.79. The number of fused-ring (bicyclic) bond motifs is 1.